The van der Waals surface area contributed by atoms with E-state index in [4.69, 9.17) is 10.2 Å². The van der Waals surface area contributed by atoms with E-state index in [1.165, 1.54) is 0 Å². The zero-order valence-corrected chi connectivity index (χ0v) is 7.16. The summed E-state index contributed by atoms with van der Waals surface area (Å²) in [5.41, 5.74) is 0. The summed E-state index contributed by atoms with van der Waals surface area (Å²) in [6, 6.07) is 0. The van der Waals surface area contributed by atoms with Crippen LogP contribution in [0.3, 0.4) is 0 Å². The van der Waals surface area contributed by atoms with Gasteiger partial charge in [-0.3, -0.25) is 14.2 Å². The predicted molar refractivity (Wildman–Crippen MR) is 40.5 cm³/mol. The molecule has 0 bridgehead atoms. The van der Waals surface area contributed by atoms with E-state index in [-0.39, 0.29) is 27.5 Å². The van der Waals surface area contributed by atoms with Crippen molar-refractivity contribution in [3.63, 3.8) is 0 Å². The van der Waals surface area contributed by atoms with Gasteiger partial charge in [0.2, 0.25) is 0 Å². The van der Waals surface area contributed by atoms with Gasteiger partial charge in [-0.15, -0.1) is 0 Å². The summed E-state index contributed by atoms with van der Waals surface area (Å²) in [6.07, 6.45) is -0.415. The Morgan fingerprint density at radius 3 is 1.83 bits per heavy atom. The average Bonchev–Trinajstić information content (AvgIpc) is 1.84. The van der Waals surface area contributed by atoms with Crippen molar-refractivity contribution in [1.29, 1.82) is 0 Å². The number of carboxylic acids is 2. The molecule has 0 aromatic heterocycles. The molecule has 0 aliphatic carbocycles. The van der Waals surface area contributed by atoms with E-state index in [9.17, 15) is 14.2 Å². The van der Waals surface area contributed by atoms with Crippen molar-refractivity contribution in [2.45, 2.75) is 12.8 Å². The van der Waals surface area contributed by atoms with Crippen LogP contribution < -0.4 is 0 Å². The topological polar surface area (TPSA) is 91.7 Å². The highest BCUT2D eigenvalue weighted by atomic mass is 31.1. The van der Waals surface area contributed by atoms with Gasteiger partial charge in [0, 0.05) is 19.0 Å². The molecule has 6 heteroatoms. The van der Waals surface area contributed by atoms with Crippen molar-refractivity contribution < 1.29 is 24.4 Å². The normalized spacial score (nSPS) is 10.4. The summed E-state index contributed by atoms with van der Waals surface area (Å²) in [7, 11) is -0.211. The number of carbonyl (C=O) groups is 2. The van der Waals surface area contributed by atoms with Crippen LogP contribution >= 0.6 is 8.46 Å². The molecule has 0 amide bonds. The maximum atomic E-state index is 10.2. The van der Waals surface area contributed by atoms with Crippen molar-refractivity contribution in [3.8, 4) is 0 Å². The average molecular weight is 192 g/mol. The minimum Gasteiger partial charge on any atom is -0.481 e. The maximum absolute atomic E-state index is 10.2. The summed E-state index contributed by atoms with van der Waals surface area (Å²) < 4.78 is 10.1. The number of rotatable bonds is 6. The van der Waals surface area contributed by atoms with Crippen LogP contribution in [0.4, 0.5) is 0 Å². The SMILES string of the molecule is O=PCC(CC(=O)O)CC(=O)O. The first-order valence-electron chi connectivity index (χ1n) is 3.29. The van der Waals surface area contributed by atoms with Crippen molar-refractivity contribution in [2.24, 2.45) is 5.92 Å². The molecule has 0 fully saturated rings. The molecular weight excluding hydrogens is 183 g/mol. The van der Waals surface area contributed by atoms with Crippen molar-refractivity contribution in [3.05, 3.63) is 0 Å². The number of hydrogen-bond donors (Lipinski definition) is 2. The van der Waals surface area contributed by atoms with Gasteiger partial charge in [0.25, 0.3) is 0 Å². The van der Waals surface area contributed by atoms with E-state index in [0.29, 0.717) is 0 Å². The molecule has 0 radical (unpaired) electrons. The van der Waals surface area contributed by atoms with Gasteiger partial charge in [0.05, 0.1) is 0 Å². The van der Waals surface area contributed by atoms with Crippen LogP contribution in [-0.4, -0.2) is 28.3 Å². The molecule has 0 aromatic carbocycles. The van der Waals surface area contributed by atoms with Crippen LogP contribution in [0.25, 0.3) is 0 Å². The fourth-order valence-electron chi connectivity index (χ4n) is 0.801. The van der Waals surface area contributed by atoms with Crippen molar-refractivity contribution in [1.82, 2.24) is 0 Å². The predicted octanol–water partition coefficient (Wildman–Crippen LogP) is 0.844. The van der Waals surface area contributed by atoms with Crippen LogP contribution in [0, 0.1) is 5.92 Å². The lowest BCUT2D eigenvalue weighted by atomic mass is 10.0. The molecule has 2 N–H and O–H groups in total. The van der Waals surface area contributed by atoms with E-state index >= 15 is 0 Å². The van der Waals surface area contributed by atoms with Crippen molar-refractivity contribution >= 4 is 20.4 Å². The number of aliphatic carboxylic acids is 2. The zero-order valence-electron chi connectivity index (χ0n) is 6.27. The number of carboxylic acid groups (broad SMARTS) is 2. The van der Waals surface area contributed by atoms with Crippen LogP contribution in [-0.2, 0) is 14.2 Å². The van der Waals surface area contributed by atoms with Crippen molar-refractivity contribution in [2.75, 3.05) is 6.16 Å². The molecule has 0 aliphatic rings. The quantitative estimate of drug-likeness (QED) is 0.608. The van der Waals surface area contributed by atoms with Crippen LogP contribution in [0.5, 0.6) is 0 Å². The van der Waals surface area contributed by atoms with E-state index in [1.807, 2.05) is 0 Å². The number of hydrogen-bond acceptors (Lipinski definition) is 3. The maximum Gasteiger partial charge on any atom is 0.303 e. The molecule has 68 valence electrons. The summed E-state index contributed by atoms with van der Waals surface area (Å²) in [4.78, 5) is 20.3. The van der Waals surface area contributed by atoms with Gasteiger partial charge >= 0.3 is 11.9 Å². The lowest BCUT2D eigenvalue weighted by molar-refractivity contribution is -0.140. The summed E-state index contributed by atoms with van der Waals surface area (Å²) >= 11 is 0. The monoisotopic (exact) mass is 192 g/mol. The highest BCUT2D eigenvalue weighted by Gasteiger charge is 2.16. The molecule has 0 aliphatic heterocycles. The third kappa shape index (κ3) is 5.80. The Labute approximate surface area is 70.6 Å². The Kier molecular flexibility index (Phi) is 5.21. The third-order valence-corrected chi connectivity index (χ3v) is 1.92. The van der Waals surface area contributed by atoms with Gasteiger partial charge in [-0.1, -0.05) is 0 Å². The standard InChI is InChI=1S/C6H9O5P/c7-5(8)1-4(3-12-11)2-6(9)10/h4H,1-3H2,(H,7,8)(H,9,10). The van der Waals surface area contributed by atoms with Crippen LogP contribution in [0.15, 0.2) is 0 Å². The van der Waals surface area contributed by atoms with Gasteiger partial charge in [-0.2, -0.15) is 0 Å². The highest BCUT2D eigenvalue weighted by molar-refractivity contribution is 7.23. The Hall–Kier alpha value is -0.960. The largest absolute Gasteiger partial charge is 0.481 e. The summed E-state index contributed by atoms with van der Waals surface area (Å²) in [5, 5.41) is 16.7. The van der Waals surface area contributed by atoms with Crippen LogP contribution in [0.2, 0.25) is 0 Å². The highest BCUT2D eigenvalue weighted by Crippen LogP contribution is 2.14. The van der Waals surface area contributed by atoms with E-state index < -0.39 is 17.9 Å². The first-order valence-corrected chi connectivity index (χ1v) is 4.28. The molecule has 0 heterocycles. The first-order chi connectivity index (χ1) is 5.56. The minimum atomic E-state index is -1.06. The zero-order chi connectivity index (χ0) is 9.56. The lowest BCUT2D eigenvalue weighted by Gasteiger charge is -2.06. The van der Waals surface area contributed by atoms with Gasteiger partial charge in [0.15, 0.2) is 8.46 Å². The molecule has 0 spiro atoms. The van der Waals surface area contributed by atoms with Gasteiger partial charge < -0.3 is 10.2 Å². The summed E-state index contributed by atoms with van der Waals surface area (Å²) in [6.45, 7) is 0. The fourth-order valence-corrected chi connectivity index (χ4v) is 1.27. The van der Waals surface area contributed by atoms with Gasteiger partial charge in [0.1, 0.15) is 0 Å². The second-order valence-corrected chi connectivity index (χ2v) is 3.00. The minimum absolute atomic E-state index is 0.0819. The smallest absolute Gasteiger partial charge is 0.303 e. The van der Waals surface area contributed by atoms with Gasteiger partial charge in [-0.05, 0) is 5.92 Å². The van der Waals surface area contributed by atoms with E-state index in [1.54, 1.807) is 0 Å². The van der Waals surface area contributed by atoms with Gasteiger partial charge in [-0.25, -0.2) is 0 Å². The first kappa shape index (κ1) is 11.0. The second-order valence-electron chi connectivity index (χ2n) is 2.37. The Morgan fingerprint density at radius 1 is 1.17 bits per heavy atom. The molecule has 12 heavy (non-hydrogen) atoms. The molecular formula is C6H9O5P. The van der Waals surface area contributed by atoms with E-state index in [2.05, 4.69) is 0 Å². The Balaban J connectivity index is 3.93. The molecule has 0 rings (SSSR count). The Morgan fingerprint density at radius 2 is 1.58 bits per heavy atom. The van der Waals surface area contributed by atoms with Crippen LogP contribution in [0.1, 0.15) is 12.8 Å². The lowest BCUT2D eigenvalue weighted by Crippen LogP contribution is -2.13. The second kappa shape index (κ2) is 5.66. The summed E-state index contributed by atoms with van der Waals surface area (Å²) in [5.74, 6) is -2.67. The molecule has 5 nitrogen and oxygen atoms in total. The molecule has 0 saturated heterocycles. The Bertz CT molecular complexity index is 174. The fraction of sp³-hybridized carbons (Fsp3) is 0.667. The molecule has 0 atom stereocenters. The molecule has 0 aromatic rings. The third-order valence-electron chi connectivity index (χ3n) is 1.26. The molecule has 0 saturated carbocycles. The van der Waals surface area contributed by atoms with E-state index in [0.717, 1.165) is 0 Å². The molecule has 0 unspecified atom stereocenters.